The molecule has 0 radical (unpaired) electrons. The highest BCUT2D eigenvalue weighted by molar-refractivity contribution is 4.88. The van der Waals surface area contributed by atoms with Crippen LogP contribution in [0.15, 0.2) is 0 Å². The van der Waals surface area contributed by atoms with Gasteiger partial charge in [0.25, 0.3) is 0 Å². The van der Waals surface area contributed by atoms with Crippen molar-refractivity contribution in [3.63, 3.8) is 0 Å². The molecule has 92 valence electrons. The number of rotatable bonds is 6. The van der Waals surface area contributed by atoms with Crippen molar-refractivity contribution in [2.75, 3.05) is 26.2 Å². The van der Waals surface area contributed by atoms with Crippen LogP contribution in [-0.4, -0.2) is 37.1 Å². The Morgan fingerprint density at radius 2 is 1.88 bits per heavy atom. The molecular weight excluding hydrogens is 196 g/mol. The van der Waals surface area contributed by atoms with Crippen LogP contribution in [0, 0.1) is 11.8 Å². The van der Waals surface area contributed by atoms with Crippen LogP contribution in [0.5, 0.6) is 0 Å². The first-order valence-corrected chi connectivity index (χ1v) is 7.36. The van der Waals surface area contributed by atoms with Gasteiger partial charge in [0.15, 0.2) is 0 Å². The van der Waals surface area contributed by atoms with Crippen molar-refractivity contribution in [3.8, 4) is 0 Å². The molecule has 1 unspecified atom stereocenters. The van der Waals surface area contributed by atoms with E-state index in [9.17, 15) is 0 Å². The van der Waals surface area contributed by atoms with Crippen LogP contribution in [0.25, 0.3) is 0 Å². The molecule has 2 saturated carbocycles. The van der Waals surface area contributed by atoms with E-state index in [1.54, 1.807) is 0 Å². The van der Waals surface area contributed by atoms with Crippen LogP contribution in [0.2, 0.25) is 0 Å². The summed E-state index contributed by atoms with van der Waals surface area (Å²) in [6.07, 6.45) is 10.3. The summed E-state index contributed by atoms with van der Waals surface area (Å²) in [5, 5.41) is 3.54. The van der Waals surface area contributed by atoms with E-state index in [-0.39, 0.29) is 0 Å². The predicted molar refractivity (Wildman–Crippen MR) is 67.5 cm³/mol. The Kier molecular flexibility index (Phi) is 3.49. The van der Waals surface area contributed by atoms with Crippen LogP contribution < -0.4 is 5.32 Å². The summed E-state index contributed by atoms with van der Waals surface area (Å²) in [6, 6.07) is 0.983. The summed E-state index contributed by atoms with van der Waals surface area (Å²) in [6.45, 7) is 5.34. The van der Waals surface area contributed by atoms with E-state index >= 15 is 0 Å². The highest BCUT2D eigenvalue weighted by Crippen LogP contribution is 2.35. The Morgan fingerprint density at radius 3 is 2.50 bits per heavy atom. The molecule has 16 heavy (non-hydrogen) atoms. The van der Waals surface area contributed by atoms with Crippen LogP contribution in [-0.2, 0) is 0 Å². The minimum absolute atomic E-state index is 0.967. The van der Waals surface area contributed by atoms with E-state index in [1.165, 1.54) is 71.1 Å². The van der Waals surface area contributed by atoms with Crippen molar-refractivity contribution < 1.29 is 0 Å². The van der Waals surface area contributed by atoms with Crippen molar-refractivity contribution in [3.05, 3.63) is 0 Å². The Bertz CT molecular complexity index is 215. The number of hydrogen-bond donors (Lipinski definition) is 1. The van der Waals surface area contributed by atoms with Gasteiger partial charge in [-0.3, -0.25) is 0 Å². The molecule has 2 aliphatic carbocycles. The fourth-order valence-electron chi connectivity index (χ4n) is 3.01. The monoisotopic (exact) mass is 222 g/mol. The molecule has 0 aromatic carbocycles. The average Bonchev–Trinajstić information content (AvgIpc) is 3.16. The number of nitrogens with one attached hydrogen (secondary N) is 1. The largest absolute Gasteiger partial charge is 0.316 e. The SMILES string of the molecule is C1CNCC(CCN(CC2CC2)C2CC2)C1. The molecule has 0 bridgehead atoms. The van der Waals surface area contributed by atoms with Gasteiger partial charge in [0.05, 0.1) is 0 Å². The number of piperidine rings is 1. The molecule has 1 saturated heterocycles. The normalized spacial score (nSPS) is 30.9. The van der Waals surface area contributed by atoms with Gasteiger partial charge in [-0.05, 0) is 76.4 Å². The lowest BCUT2D eigenvalue weighted by molar-refractivity contribution is 0.221. The average molecular weight is 222 g/mol. The lowest BCUT2D eigenvalue weighted by atomic mass is 9.96. The molecule has 0 amide bonds. The van der Waals surface area contributed by atoms with Crippen molar-refractivity contribution in [2.24, 2.45) is 11.8 Å². The summed E-state index contributed by atoms with van der Waals surface area (Å²) in [7, 11) is 0. The smallest absolute Gasteiger partial charge is 0.00965 e. The molecular formula is C14H26N2. The van der Waals surface area contributed by atoms with E-state index in [1.807, 2.05) is 0 Å². The Balaban J connectivity index is 1.39. The molecule has 3 aliphatic rings. The van der Waals surface area contributed by atoms with Gasteiger partial charge in [-0.15, -0.1) is 0 Å². The van der Waals surface area contributed by atoms with Gasteiger partial charge in [-0.25, -0.2) is 0 Å². The molecule has 2 nitrogen and oxygen atoms in total. The van der Waals surface area contributed by atoms with Gasteiger partial charge in [0, 0.05) is 12.6 Å². The topological polar surface area (TPSA) is 15.3 Å². The number of nitrogens with zero attached hydrogens (tertiary/aromatic N) is 1. The maximum Gasteiger partial charge on any atom is 0.00965 e. The van der Waals surface area contributed by atoms with Crippen LogP contribution in [0.1, 0.15) is 44.9 Å². The van der Waals surface area contributed by atoms with Crippen LogP contribution in [0.3, 0.4) is 0 Å². The molecule has 1 heterocycles. The molecule has 0 spiro atoms. The van der Waals surface area contributed by atoms with E-state index < -0.39 is 0 Å². The quantitative estimate of drug-likeness (QED) is 0.741. The minimum Gasteiger partial charge on any atom is -0.316 e. The van der Waals surface area contributed by atoms with Gasteiger partial charge in [0.1, 0.15) is 0 Å². The molecule has 3 rings (SSSR count). The first kappa shape index (κ1) is 11.0. The van der Waals surface area contributed by atoms with Gasteiger partial charge in [-0.1, -0.05) is 0 Å². The second-order valence-corrected chi connectivity index (χ2v) is 6.17. The first-order chi connectivity index (χ1) is 7.92. The van der Waals surface area contributed by atoms with Crippen molar-refractivity contribution in [1.29, 1.82) is 0 Å². The van der Waals surface area contributed by atoms with Gasteiger partial charge in [0.2, 0.25) is 0 Å². The third-order valence-corrected chi connectivity index (χ3v) is 4.48. The van der Waals surface area contributed by atoms with Crippen molar-refractivity contribution >= 4 is 0 Å². The standard InChI is InChI=1S/C14H26N2/c1-2-12(10-15-8-1)7-9-16(14-5-6-14)11-13-3-4-13/h12-15H,1-11H2. The molecule has 1 atom stereocenters. The summed E-state index contributed by atoms with van der Waals surface area (Å²) < 4.78 is 0. The lowest BCUT2D eigenvalue weighted by Crippen LogP contribution is -2.35. The van der Waals surface area contributed by atoms with Crippen molar-refractivity contribution in [2.45, 2.75) is 51.0 Å². The highest BCUT2D eigenvalue weighted by Gasteiger charge is 2.33. The zero-order valence-electron chi connectivity index (χ0n) is 10.5. The summed E-state index contributed by atoms with van der Waals surface area (Å²) in [5.41, 5.74) is 0. The third kappa shape index (κ3) is 3.21. The van der Waals surface area contributed by atoms with Crippen molar-refractivity contribution in [1.82, 2.24) is 10.2 Å². The Hall–Kier alpha value is -0.0800. The molecule has 2 heteroatoms. The second kappa shape index (κ2) is 5.05. The molecule has 0 aromatic heterocycles. The molecule has 3 fully saturated rings. The molecule has 1 N–H and O–H groups in total. The highest BCUT2D eigenvalue weighted by atomic mass is 15.2. The van der Waals surface area contributed by atoms with Gasteiger partial charge in [-0.2, -0.15) is 0 Å². The van der Waals surface area contributed by atoms with Crippen LogP contribution in [0.4, 0.5) is 0 Å². The number of hydrogen-bond acceptors (Lipinski definition) is 2. The molecule has 0 aromatic rings. The van der Waals surface area contributed by atoms with E-state index in [4.69, 9.17) is 0 Å². The van der Waals surface area contributed by atoms with Crippen LogP contribution >= 0.6 is 0 Å². The predicted octanol–water partition coefficient (Wildman–Crippen LogP) is 2.25. The van der Waals surface area contributed by atoms with Gasteiger partial charge < -0.3 is 10.2 Å². The molecule has 1 aliphatic heterocycles. The fourth-order valence-corrected chi connectivity index (χ4v) is 3.01. The first-order valence-electron chi connectivity index (χ1n) is 7.36. The second-order valence-electron chi connectivity index (χ2n) is 6.17. The Morgan fingerprint density at radius 1 is 1.00 bits per heavy atom. The minimum atomic E-state index is 0.967. The van der Waals surface area contributed by atoms with Gasteiger partial charge >= 0.3 is 0 Å². The van der Waals surface area contributed by atoms with E-state index in [0.29, 0.717) is 0 Å². The zero-order valence-corrected chi connectivity index (χ0v) is 10.5. The summed E-state index contributed by atoms with van der Waals surface area (Å²) in [4.78, 5) is 2.81. The zero-order chi connectivity index (χ0) is 10.8. The maximum absolute atomic E-state index is 3.54. The fraction of sp³-hybridized carbons (Fsp3) is 1.00. The lowest BCUT2D eigenvalue weighted by Gasteiger charge is -2.27. The third-order valence-electron chi connectivity index (χ3n) is 4.48. The van der Waals surface area contributed by atoms with E-state index in [2.05, 4.69) is 10.2 Å². The summed E-state index contributed by atoms with van der Waals surface area (Å²) in [5.74, 6) is 2.04. The Labute approximate surface area is 99.8 Å². The summed E-state index contributed by atoms with van der Waals surface area (Å²) >= 11 is 0. The maximum atomic E-state index is 3.54. The van der Waals surface area contributed by atoms with E-state index in [0.717, 1.165) is 17.9 Å².